The number of aromatic nitrogens is 3. The normalized spacial score (nSPS) is 10.7. The third-order valence-corrected chi connectivity index (χ3v) is 3.66. The molecule has 3 aromatic rings. The Kier molecular flexibility index (Phi) is 4.11. The van der Waals surface area contributed by atoms with E-state index in [1.165, 1.54) is 11.3 Å². The molecule has 0 aliphatic rings. The van der Waals surface area contributed by atoms with Gasteiger partial charge in [0.05, 0.1) is 11.0 Å². The molecule has 2 heterocycles. The number of carbonyl (C=O) groups is 1. The van der Waals surface area contributed by atoms with Crippen LogP contribution in [0, 0.1) is 0 Å². The van der Waals surface area contributed by atoms with Crippen molar-refractivity contribution in [2.75, 3.05) is 11.9 Å². The number of nitrogens with one attached hydrogen (secondary N) is 3. The summed E-state index contributed by atoms with van der Waals surface area (Å²) in [6.45, 7) is 0.592. The standard InChI is InChI=1S/C14H15N5OS/c20-13(19-14-16-8-9-21-14)15-7-3-6-12-17-10-4-1-2-5-11(10)18-12/h1-2,4-5,8-9H,3,6-7H2,(H,17,18)(H2,15,16,19,20). The summed E-state index contributed by atoms with van der Waals surface area (Å²) in [5, 5.41) is 7.89. The van der Waals surface area contributed by atoms with E-state index in [2.05, 4.69) is 25.6 Å². The molecule has 21 heavy (non-hydrogen) atoms. The van der Waals surface area contributed by atoms with Crippen LogP contribution in [0.25, 0.3) is 11.0 Å². The first-order chi connectivity index (χ1) is 10.3. The first-order valence-electron chi connectivity index (χ1n) is 6.69. The molecule has 0 saturated heterocycles. The van der Waals surface area contributed by atoms with E-state index in [-0.39, 0.29) is 6.03 Å². The zero-order chi connectivity index (χ0) is 14.5. The summed E-state index contributed by atoms with van der Waals surface area (Å²) < 4.78 is 0. The van der Waals surface area contributed by atoms with Gasteiger partial charge in [0.1, 0.15) is 5.82 Å². The van der Waals surface area contributed by atoms with Gasteiger partial charge in [-0.15, -0.1) is 11.3 Å². The van der Waals surface area contributed by atoms with E-state index in [1.807, 2.05) is 29.6 Å². The van der Waals surface area contributed by atoms with E-state index in [0.29, 0.717) is 11.7 Å². The summed E-state index contributed by atoms with van der Waals surface area (Å²) in [6, 6.07) is 7.71. The van der Waals surface area contributed by atoms with Crippen LogP contribution in [0.15, 0.2) is 35.8 Å². The van der Waals surface area contributed by atoms with Crippen molar-refractivity contribution >= 4 is 33.5 Å². The molecule has 7 heteroatoms. The maximum Gasteiger partial charge on any atom is 0.321 e. The highest BCUT2D eigenvalue weighted by Crippen LogP contribution is 2.11. The third kappa shape index (κ3) is 3.57. The number of urea groups is 1. The maximum atomic E-state index is 11.6. The lowest BCUT2D eigenvalue weighted by Gasteiger charge is -2.04. The van der Waals surface area contributed by atoms with Gasteiger partial charge in [0, 0.05) is 24.5 Å². The molecule has 0 aliphatic carbocycles. The lowest BCUT2D eigenvalue weighted by Crippen LogP contribution is -2.29. The van der Waals surface area contributed by atoms with E-state index < -0.39 is 0 Å². The molecule has 2 amide bonds. The molecule has 0 spiro atoms. The maximum absolute atomic E-state index is 11.6. The molecule has 0 fully saturated rings. The highest BCUT2D eigenvalue weighted by molar-refractivity contribution is 7.13. The van der Waals surface area contributed by atoms with Crippen molar-refractivity contribution in [2.24, 2.45) is 0 Å². The Morgan fingerprint density at radius 1 is 1.33 bits per heavy atom. The van der Waals surface area contributed by atoms with Crippen molar-refractivity contribution in [1.82, 2.24) is 20.3 Å². The average Bonchev–Trinajstić information content (AvgIpc) is 3.12. The molecule has 6 nitrogen and oxygen atoms in total. The third-order valence-electron chi connectivity index (χ3n) is 2.97. The first kappa shape index (κ1) is 13.6. The Hall–Kier alpha value is -2.41. The minimum atomic E-state index is -0.227. The van der Waals surface area contributed by atoms with Crippen molar-refractivity contribution in [3.05, 3.63) is 41.7 Å². The molecule has 0 bridgehead atoms. The van der Waals surface area contributed by atoms with Gasteiger partial charge in [-0.3, -0.25) is 5.32 Å². The second-order valence-electron chi connectivity index (χ2n) is 4.52. The van der Waals surface area contributed by atoms with Crippen molar-refractivity contribution in [3.63, 3.8) is 0 Å². The van der Waals surface area contributed by atoms with E-state index in [1.54, 1.807) is 6.20 Å². The molecule has 0 unspecified atom stereocenters. The van der Waals surface area contributed by atoms with E-state index in [4.69, 9.17) is 0 Å². The number of rotatable bonds is 5. The fourth-order valence-corrected chi connectivity index (χ4v) is 2.53. The largest absolute Gasteiger partial charge is 0.342 e. The number of imidazole rings is 1. The van der Waals surface area contributed by atoms with Crippen LogP contribution in [0.5, 0.6) is 0 Å². The molecule has 0 radical (unpaired) electrons. The molecule has 3 N–H and O–H groups in total. The molecule has 0 atom stereocenters. The number of para-hydroxylation sites is 2. The predicted octanol–water partition coefficient (Wildman–Crippen LogP) is 2.77. The minimum Gasteiger partial charge on any atom is -0.342 e. The molecule has 2 aromatic heterocycles. The van der Waals surface area contributed by atoms with Crippen molar-refractivity contribution < 1.29 is 4.79 Å². The second kappa shape index (κ2) is 6.36. The monoisotopic (exact) mass is 301 g/mol. The highest BCUT2D eigenvalue weighted by Gasteiger charge is 2.04. The molecule has 0 aliphatic heterocycles. The average molecular weight is 301 g/mol. The number of benzene rings is 1. The van der Waals surface area contributed by atoms with E-state index in [0.717, 1.165) is 29.7 Å². The van der Waals surface area contributed by atoms with Gasteiger partial charge in [-0.25, -0.2) is 14.8 Å². The minimum absolute atomic E-state index is 0.227. The smallest absolute Gasteiger partial charge is 0.321 e. The Morgan fingerprint density at radius 3 is 3.05 bits per heavy atom. The van der Waals surface area contributed by atoms with Crippen molar-refractivity contribution in [2.45, 2.75) is 12.8 Å². The zero-order valence-corrected chi connectivity index (χ0v) is 12.1. The number of hydrogen-bond acceptors (Lipinski definition) is 4. The number of hydrogen-bond donors (Lipinski definition) is 3. The van der Waals surface area contributed by atoms with Crippen molar-refractivity contribution in [3.8, 4) is 0 Å². The molecule has 3 rings (SSSR count). The van der Waals surface area contributed by atoms with Crippen LogP contribution in [0.3, 0.4) is 0 Å². The first-order valence-corrected chi connectivity index (χ1v) is 7.57. The SMILES string of the molecule is O=C(NCCCc1nc2ccccc2[nH]1)Nc1nccs1. The van der Waals surface area contributed by atoms with Crippen LogP contribution in [-0.2, 0) is 6.42 Å². The van der Waals surface area contributed by atoms with Gasteiger partial charge in [-0.2, -0.15) is 0 Å². The van der Waals surface area contributed by atoms with Crippen LogP contribution in [0.4, 0.5) is 9.93 Å². The number of thiazole rings is 1. The highest BCUT2D eigenvalue weighted by atomic mass is 32.1. The van der Waals surface area contributed by atoms with Crippen LogP contribution in [0.2, 0.25) is 0 Å². The summed E-state index contributed by atoms with van der Waals surface area (Å²) in [5.41, 5.74) is 2.02. The van der Waals surface area contributed by atoms with E-state index in [9.17, 15) is 4.79 Å². The number of anilines is 1. The number of aromatic amines is 1. The zero-order valence-electron chi connectivity index (χ0n) is 11.3. The molecule has 108 valence electrons. The summed E-state index contributed by atoms with van der Waals surface area (Å²) in [5.74, 6) is 0.943. The number of carbonyl (C=O) groups excluding carboxylic acids is 1. The molecular formula is C14H15N5OS. The Bertz CT molecular complexity index is 689. The summed E-state index contributed by atoms with van der Waals surface area (Å²) in [6.07, 6.45) is 3.28. The van der Waals surface area contributed by atoms with Crippen LogP contribution >= 0.6 is 11.3 Å². The van der Waals surface area contributed by atoms with Gasteiger partial charge in [-0.1, -0.05) is 12.1 Å². The quantitative estimate of drug-likeness (QED) is 0.634. The number of amides is 2. The Labute approximate surface area is 125 Å². The van der Waals surface area contributed by atoms with Crippen LogP contribution in [0.1, 0.15) is 12.2 Å². The van der Waals surface area contributed by atoms with Gasteiger partial charge in [0.25, 0.3) is 0 Å². The van der Waals surface area contributed by atoms with Crippen molar-refractivity contribution in [1.29, 1.82) is 0 Å². The summed E-state index contributed by atoms with van der Waals surface area (Å²) in [4.78, 5) is 23.3. The molecule has 1 aromatic carbocycles. The lowest BCUT2D eigenvalue weighted by atomic mass is 10.3. The van der Waals surface area contributed by atoms with Crippen LogP contribution in [-0.4, -0.2) is 27.5 Å². The summed E-state index contributed by atoms with van der Waals surface area (Å²) in [7, 11) is 0. The van der Waals surface area contributed by atoms with E-state index >= 15 is 0 Å². The number of H-pyrrole nitrogens is 1. The lowest BCUT2D eigenvalue weighted by molar-refractivity contribution is 0.252. The Balaban J connectivity index is 1.42. The van der Waals surface area contributed by atoms with Crippen LogP contribution < -0.4 is 10.6 Å². The number of aryl methyl sites for hydroxylation is 1. The fraction of sp³-hybridized carbons (Fsp3) is 0.214. The number of nitrogens with zero attached hydrogens (tertiary/aromatic N) is 2. The van der Waals surface area contributed by atoms with Gasteiger partial charge < -0.3 is 10.3 Å². The topological polar surface area (TPSA) is 82.7 Å². The summed E-state index contributed by atoms with van der Waals surface area (Å²) >= 11 is 1.39. The van der Waals surface area contributed by atoms with Gasteiger partial charge in [0.2, 0.25) is 0 Å². The second-order valence-corrected chi connectivity index (χ2v) is 5.42. The number of fused-ring (bicyclic) bond motifs is 1. The van der Waals surface area contributed by atoms with Gasteiger partial charge in [-0.05, 0) is 18.6 Å². The molecular weight excluding hydrogens is 286 g/mol. The Morgan fingerprint density at radius 2 is 2.24 bits per heavy atom. The van der Waals surface area contributed by atoms with Gasteiger partial charge in [0.15, 0.2) is 5.13 Å². The fourth-order valence-electron chi connectivity index (χ4n) is 2.01. The predicted molar refractivity (Wildman–Crippen MR) is 83.6 cm³/mol. The molecule has 0 saturated carbocycles. The van der Waals surface area contributed by atoms with Gasteiger partial charge >= 0.3 is 6.03 Å².